The van der Waals surface area contributed by atoms with Crippen LogP contribution in [0.25, 0.3) is 0 Å². The summed E-state index contributed by atoms with van der Waals surface area (Å²) in [4.78, 5) is 11.5. The van der Waals surface area contributed by atoms with Gasteiger partial charge < -0.3 is 0 Å². The zero-order valence-electron chi connectivity index (χ0n) is 7.87. The summed E-state index contributed by atoms with van der Waals surface area (Å²) in [5.41, 5.74) is 0. The molecule has 0 saturated carbocycles. The maximum absolute atomic E-state index is 11.5. The lowest BCUT2D eigenvalue weighted by Crippen LogP contribution is -2.49. The highest BCUT2D eigenvalue weighted by Crippen LogP contribution is 2.03. The van der Waals surface area contributed by atoms with E-state index >= 15 is 0 Å². The molecule has 0 spiro atoms. The molecule has 0 atom stereocenters. The van der Waals surface area contributed by atoms with Crippen LogP contribution in [0.1, 0.15) is 0 Å². The molecule has 0 radical (unpaired) electrons. The van der Waals surface area contributed by atoms with Gasteiger partial charge in [-0.2, -0.15) is 0 Å². The van der Waals surface area contributed by atoms with Crippen LogP contribution in [0.2, 0.25) is 13.1 Å². The van der Waals surface area contributed by atoms with Crippen molar-refractivity contribution >= 4 is 18.7 Å². The molecule has 0 heterocycles. The Balaban J connectivity index is 3.09. The first kappa shape index (κ1) is 9.75. The first-order valence-corrected chi connectivity index (χ1v) is 7.15. The van der Waals surface area contributed by atoms with Crippen LogP contribution in [0.5, 0.6) is 0 Å². The average molecular weight is 188 g/mol. The predicted molar refractivity (Wildman–Crippen MR) is 57.4 cm³/mol. The van der Waals surface area contributed by atoms with E-state index in [1.807, 2.05) is 43.4 Å². The highest BCUT2D eigenvalue weighted by Gasteiger charge is 2.30. The Kier molecular flexibility index (Phi) is 2.69. The van der Waals surface area contributed by atoms with Gasteiger partial charge in [0.2, 0.25) is 0 Å². The molecule has 66 valence electrons. The minimum absolute atomic E-state index is 0.0429. The normalized spacial score (nSPS) is 10.5. The predicted octanol–water partition coefficient (Wildman–Crippen LogP) is 1.34. The van der Waals surface area contributed by atoms with Crippen molar-refractivity contribution in [1.29, 1.82) is 0 Å². The van der Waals surface area contributed by atoms with E-state index in [0.717, 1.165) is 5.19 Å². The smallest absolute Gasteiger partial charge is 0.185 e. The summed E-state index contributed by atoms with van der Waals surface area (Å²) in [6, 6.07) is 9.76. The van der Waals surface area contributed by atoms with E-state index in [1.54, 1.807) is 0 Å². The first-order valence-electron chi connectivity index (χ1n) is 4.15. The molecule has 0 N–H and O–H groups in total. The molecule has 0 bridgehead atoms. The molecule has 0 saturated heterocycles. The monoisotopic (exact) mass is 188 g/mol. The first-order chi connectivity index (χ1) is 6.09. The van der Waals surface area contributed by atoms with Crippen LogP contribution in [-0.2, 0) is 4.79 Å². The third-order valence-corrected chi connectivity index (χ3v) is 5.25. The minimum atomic E-state index is -2.06. The molecule has 0 fully saturated rings. The summed E-state index contributed by atoms with van der Waals surface area (Å²) in [6.07, 6.45) is 5.13. The van der Waals surface area contributed by atoms with Crippen molar-refractivity contribution in [2.24, 2.45) is 0 Å². The maximum atomic E-state index is 11.5. The van der Waals surface area contributed by atoms with Crippen molar-refractivity contribution in [2.45, 2.75) is 13.1 Å². The Hall–Kier alpha value is -1.33. The summed E-state index contributed by atoms with van der Waals surface area (Å²) in [7, 11) is -2.06. The highest BCUT2D eigenvalue weighted by atomic mass is 28.3. The fraction of sp³-hybridized carbons (Fsp3) is 0.182. The van der Waals surface area contributed by atoms with Gasteiger partial charge in [-0.05, 0) is 11.1 Å². The van der Waals surface area contributed by atoms with Crippen molar-refractivity contribution in [2.75, 3.05) is 0 Å². The van der Waals surface area contributed by atoms with E-state index in [0.29, 0.717) is 0 Å². The molecule has 0 amide bonds. The zero-order valence-corrected chi connectivity index (χ0v) is 8.87. The molecular weight excluding hydrogens is 176 g/mol. The molecule has 0 aliphatic carbocycles. The summed E-state index contributed by atoms with van der Waals surface area (Å²) in [5.74, 6) is 2.23. The van der Waals surface area contributed by atoms with E-state index < -0.39 is 8.07 Å². The fourth-order valence-electron chi connectivity index (χ4n) is 1.17. The Bertz CT molecular complexity index is 346. The number of carbonyl (C=O) groups is 1. The number of hydrogen-bond donors (Lipinski definition) is 0. The highest BCUT2D eigenvalue weighted by molar-refractivity contribution is 7.14. The van der Waals surface area contributed by atoms with Crippen molar-refractivity contribution in [3.63, 3.8) is 0 Å². The molecule has 0 aliphatic rings. The van der Waals surface area contributed by atoms with Gasteiger partial charge in [-0.3, -0.25) is 4.79 Å². The molecule has 13 heavy (non-hydrogen) atoms. The van der Waals surface area contributed by atoms with Gasteiger partial charge in [-0.1, -0.05) is 43.4 Å². The maximum Gasteiger partial charge on any atom is 0.185 e. The number of hydrogen-bond acceptors (Lipinski definition) is 1. The molecule has 1 aromatic carbocycles. The van der Waals surface area contributed by atoms with E-state index in [2.05, 4.69) is 5.92 Å². The van der Waals surface area contributed by atoms with Crippen LogP contribution in [0.4, 0.5) is 0 Å². The lowest BCUT2D eigenvalue weighted by atomic mass is 10.4. The summed E-state index contributed by atoms with van der Waals surface area (Å²) in [5, 5.41) is 1.05. The lowest BCUT2D eigenvalue weighted by molar-refractivity contribution is -0.107. The van der Waals surface area contributed by atoms with Gasteiger partial charge >= 0.3 is 0 Å². The summed E-state index contributed by atoms with van der Waals surface area (Å²) >= 11 is 0. The van der Waals surface area contributed by atoms with Crippen molar-refractivity contribution < 1.29 is 4.79 Å². The minimum Gasteiger partial charge on any atom is -0.291 e. The molecule has 1 nitrogen and oxygen atoms in total. The number of carbonyl (C=O) groups excluding carboxylic acids is 1. The second kappa shape index (κ2) is 3.59. The van der Waals surface area contributed by atoms with Crippen LogP contribution in [0.15, 0.2) is 30.3 Å². The summed E-state index contributed by atoms with van der Waals surface area (Å²) in [6.45, 7) is 3.95. The third kappa shape index (κ3) is 1.88. The van der Waals surface area contributed by atoms with Crippen LogP contribution < -0.4 is 5.19 Å². The van der Waals surface area contributed by atoms with Crippen molar-refractivity contribution in [3.8, 4) is 12.3 Å². The Morgan fingerprint density at radius 3 is 2.31 bits per heavy atom. The second-order valence-electron chi connectivity index (χ2n) is 3.46. The number of benzene rings is 1. The van der Waals surface area contributed by atoms with E-state index in [-0.39, 0.29) is 5.41 Å². The average Bonchev–Trinajstić information content (AvgIpc) is 2.18. The van der Waals surface area contributed by atoms with Gasteiger partial charge in [0, 0.05) is 0 Å². The molecule has 1 rings (SSSR count). The second-order valence-corrected chi connectivity index (χ2v) is 7.75. The Morgan fingerprint density at radius 1 is 1.31 bits per heavy atom. The molecule has 0 unspecified atom stereocenters. The van der Waals surface area contributed by atoms with E-state index in [1.165, 1.54) is 0 Å². The van der Waals surface area contributed by atoms with Gasteiger partial charge in [-0.15, -0.1) is 6.42 Å². The molecular formula is C11H12OSi. The van der Waals surface area contributed by atoms with Gasteiger partial charge in [0.15, 0.2) is 13.5 Å². The SMILES string of the molecule is C#CC(=O)[Si](C)(C)c1ccccc1. The van der Waals surface area contributed by atoms with Crippen LogP contribution in [0, 0.1) is 12.3 Å². The van der Waals surface area contributed by atoms with E-state index in [9.17, 15) is 4.79 Å². The van der Waals surface area contributed by atoms with Crippen LogP contribution in [-0.4, -0.2) is 13.5 Å². The standard InChI is InChI=1S/C11H12OSi/c1-4-11(12)13(2,3)10-8-6-5-7-9-10/h1,5-9H,2-3H3. The van der Waals surface area contributed by atoms with E-state index in [4.69, 9.17) is 6.42 Å². The van der Waals surface area contributed by atoms with Crippen molar-refractivity contribution in [3.05, 3.63) is 30.3 Å². The molecule has 2 heteroatoms. The Morgan fingerprint density at radius 2 is 1.85 bits per heavy atom. The topological polar surface area (TPSA) is 17.1 Å². The number of rotatable bonds is 2. The zero-order chi connectivity index (χ0) is 9.90. The molecule has 0 aliphatic heterocycles. The molecule has 0 aromatic heterocycles. The van der Waals surface area contributed by atoms with Gasteiger partial charge in [-0.25, -0.2) is 0 Å². The summed E-state index contributed by atoms with van der Waals surface area (Å²) < 4.78 is 0. The van der Waals surface area contributed by atoms with Gasteiger partial charge in [0.25, 0.3) is 0 Å². The van der Waals surface area contributed by atoms with Gasteiger partial charge in [0.05, 0.1) is 0 Å². The van der Waals surface area contributed by atoms with Crippen molar-refractivity contribution in [1.82, 2.24) is 0 Å². The quantitative estimate of drug-likeness (QED) is 0.506. The van der Waals surface area contributed by atoms with Gasteiger partial charge in [0.1, 0.15) is 0 Å². The largest absolute Gasteiger partial charge is 0.291 e. The van der Waals surface area contributed by atoms with Crippen LogP contribution in [0.3, 0.4) is 0 Å². The fourth-order valence-corrected chi connectivity index (χ4v) is 2.82. The Labute approximate surface area is 79.8 Å². The third-order valence-electron chi connectivity index (χ3n) is 2.19. The number of terminal acetylenes is 1. The van der Waals surface area contributed by atoms with Crippen LogP contribution >= 0.6 is 0 Å². The molecule has 1 aromatic rings. The lowest BCUT2D eigenvalue weighted by Gasteiger charge is -2.17.